The van der Waals surface area contributed by atoms with Crippen molar-refractivity contribution in [2.45, 2.75) is 10.8 Å². The van der Waals surface area contributed by atoms with E-state index in [9.17, 15) is 21.6 Å². The number of benzene rings is 1. The van der Waals surface area contributed by atoms with Crippen LogP contribution in [0.2, 0.25) is 5.02 Å². The first-order valence-corrected chi connectivity index (χ1v) is 6.57. The summed E-state index contributed by atoms with van der Waals surface area (Å²) in [6, 6.07) is 2.80. The molecule has 1 rings (SSSR count). The van der Waals surface area contributed by atoms with Gasteiger partial charge in [-0.1, -0.05) is 11.6 Å². The zero-order chi connectivity index (χ0) is 14.0. The molecule has 4 nitrogen and oxygen atoms in total. The lowest BCUT2D eigenvalue weighted by molar-refractivity contribution is 0.0170. The number of nitrogens with two attached hydrogens (primary N) is 1. The monoisotopic (exact) mass is 302 g/mol. The zero-order valence-electron chi connectivity index (χ0n) is 8.96. The van der Waals surface area contributed by atoms with Gasteiger partial charge in [0, 0.05) is 5.02 Å². The molecule has 0 atom stereocenters. The van der Waals surface area contributed by atoms with E-state index in [1.54, 1.807) is 4.72 Å². The van der Waals surface area contributed by atoms with Crippen LogP contribution in [0.1, 0.15) is 0 Å². The van der Waals surface area contributed by atoms with E-state index in [1.165, 1.54) is 0 Å². The van der Waals surface area contributed by atoms with E-state index in [4.69, 9.17) is 17.3 Å². The van der Waals surface area contributed by atoms with Crippen LogP contribution in [0.15, 0.2) is 23.1 Å². The van der Waals surface area contributed by atoms with Crippen molar-refractivity contribution in [3.8, 4) is 0 Å². The van der Waals surface area contributed by atoms with E-state index < -0.39 is 39.7 Å². The van der Waals surface area contributed by atoms with Crippen molar-refractivity contribution in [3.63, 3.8) is 0 Å². The molecule has 0 bridgehead atoms. The Morgan fingerprint density at radius 2 is 2.00 bits per heavy atom. The van der Waals surface area contributed by atoms with Crippen LogP contribution in [0, 0.1) is 5.82 Å². The fraction of sp³-hybridized carbons (Fsp3) is 0.333. The van der Waals surface area contributed by atoms with E-state index in [0.717, 1.165) is 18.2 Å². The molecule has 0 heterocycles. The van der Waals surface area contributed by atoms with Gasteiger partial charge >= 0.3 is 0 Å². The van der Waals surface area contributed by atoms with E-state index in [-0.39, 0.29) is 5.02 Å². The van der Waals surface area contributed by atoms with E-state index in [2.05, 4.69) is 0 Å². The SMILES string of the molecule is NCC(F)(F)CNS(=O)(=O)c1ccc(Cl)cc1F. The standard InChI is InChI=1S/C9H10ClF3N2O2S/c10-6-1-2-8(7(11)3-6)18(16,17)15-5-9(12,13)4-14/h1-3,15H,4-5,14H2. The Bertz CT molecular complexity index is 537. The third kappa shape index (κ3) is 3.84. The molecule has 3 N–H and O–H groups in total. The fourth-order valence-corrected chi connectivity index (χ4v) is 2.32. The number of nitrogens with one attached hydrogen (secondary N) is 1. The Morgan fingerprint density at radius 3 is 2.50 bits per heavy atom. The fourth-order valence-electron chi connectivity index (χ4n) is 1.04. The molecule has 0 amide bonds. The van der Waals surface area contributed by atoms with Crippen LogP contribution in [0.4, 0.5) is 13.2 Å². The topological polar surface area (TPSA) is 72.2 Å². The predicted octanol–water partition coefficient (Wildman–Crippen LogP) is 1.35. The molecule has 0 spiro atoms. The van der Waals surface area contributed by atoms with Crippen LogP contribution in [-0.2, 0) is 10.0 Å². The van der Waals surface area contributed by atoms with Gasteiger partial charge in [0.1, 0.15) is 10.7 Å². The zero-order valence-corrected chi connectivity index (χ0v) is 10.5. The third-order valence-electron chi connectivity index (χ3n) is 2.00. The quantitative estimate of drug-likeness (QED) is 0.862. The Labute approximate surface area is 107 Å². The molecule has 0 saturated heterocycles. The van der Waals surface area contributed by atoms with Crippen molar-refractivity contribution < 1.29 is 21.6 Å². The maximum Gasteiger partial charge on any atom is 0.273 e. The van der Waals surface area contributed by atoms with Gasteiger partial charge in [-0.05, 0) is 18.2 Å². The first-order valence-electron chi connectivity index (χ1n) is 4.70. The molecular weight excluding hydrogens is 293 g/mol. The van der Waals surface area contributed by atoms with Gasteiger partial charge in [-0.2, -0.15) is 0 Å². The van der Waals surface area contributed by atoms with Crippen molar-refractivity contribution in [2.24, 2.45) is 5.73 Å². The third-order valence-corrected chi connectivity index (χ3v) is 3.67. The largest absolute Gasteiger partial charge is 0.325 e. The molecule has 18 heavy (non-hydrogen) atoms. The number of alkyl halides is 2. The molecule has 0 aliphatic heterocycles. The Hall–Kier alpha value is -0.830. The Morgan fingerprint density at radius 1 is 1.39 bits per heavy atom. The van der Waals surface area contributed by atoms with Crippen LogP contribution in [0.25, 0.3) is 0 Å². The summed E-state index contributed by atoms with van der Waals surface area (Å²) < 4.78 is 63.6. The number of halogens is 4. The maximum atomic E-state index is 13.3. The maximum absolute atomic E-state index is 13.3. The van der Waals surface area contributed by atoms with Gasteiger partial charge < -0.3 is 5.73 Å². The van der Waals surface area contributed by atoms with Crippen molar-refractivity contribution in [2.75, 3.05) is 13.1 Å². The summed E-state index contributed by atoms with van der Waals surface area (Å²) in [7, 11) is -4.37. The van der Waals surface area contributed by atoms with Crippen molar-refractivity contribution in [1.29, 1.82) is 0 Å². The van der Waals surface area contributed by atoms with E-state index >= 15 is 0 Å². The molecule has 0 aromatic heterocycles. The summed E-state index contributed by atoms with van der Waals surface area (Å²) in [6.45, 7) is -2.22. The molecule has 0 saturated carbocycles. The minimum atomic E-state index is -4.37. The van der Waals surface area contributed by atoms with Gasteiger partial charge in [-0.15, -0.1) is 0 Å². The molecule has 0 fully saturated rings. The highest BCUT2D eigenvalue weighted by Crippen LogP contribution is 2.19. The highest BCUT2D eigenvalue weighted by atomic mass is 35.5. The highest BCUT2D eigenvalue weighted by molar-refractivity contribution is 7.89. The summed E-state index contributed by atoms with van der Waals surface area (Å²) in [4.78, 5) is -0.750. The summed E-state index contributed by atoms with van der Waals surface area (Å²) >= 11 is 5.45. The van der Waals surface area contributed by atoms with Crippen LogP contribution in [-0.4, -0.2) is 27.4 Å². The number of sulfonamides is 1. The van der Waals surface area contributed by atoms with Crippen molar-refractivity contribution in [1.82, 2.24) is 4.72 Å². The summed E-state index contributed by atoms with van der Waals surface area (Å²) in [5.41, 5.74) is 4.75. The summed E-state index contributed by atoms with van der Waals surface area (Å²) in [6.07, 6.45) is 0. The van der Waals surface area contributed by atoms with E-state index in [0.29, 0.717) is 0 Å². The number of hydrogen-bond acceptors (Lipinski definition) is 3. The summed E-state index contributed by atoms with van der Waals surface area (Å²) in [5.74, 6) is -4.51. The van der Waals surface area contributed by atoms with Gasteiger partial charge in [-0.25, -0.2) is 26.3 Å². The van der Waals surface area contributed by atoms with Gasteiger partial charge in [0.05, 0.1) is 13.1 Å². The van der Waals surface area contributed by atoms with Gasteiger partial charge in [-0.3, -0.25) is 0 Å². The van der Waals surface area contributed by atoms with Gasteiger partial charge in [0.2, 0.25) is 10.0 Å². The molecule has 0 aliphatic rings. The van der Waals surface area contributed by atoms with Gasteiger partial charge in [0.25, 0.3) is 5.92 Å². The molecule has 1 aromatic rings. The Balaban J connectivity index is 2.94. The molecule has 9 heteroatoms. The molecule has 1 aromatic carbocycles. The van der Waals surface area contributed by atoms with Gasteiger partial charge in [0.15, 0.2) is 0 Å². The smallest absolute Gasteiger partial charge is 0.273 e. The van der Waals surface area contributed by atoms with E-state index in [1.807, 2.05) is 0 Å². The normalized spacial score (nSPS) is 12.7. The predicted molar refractivity (Wildman–Crippen MR) is 60.6 cm³/mol. The minimum absolute atomic E-state index is 0.00117. The van der Waals surface area contributed by atoms with Crippen molar-refractivity contribution in [3.05, 3.63) is 29.0 Å². The molecule has 102 valence electrons. The lowest BCUT2D eigenvalue weighted by atomic mass is 10.3. The van der Waals surface area contributed by atoms with Crippen LogP contribution >= 0.6 is 11.6 Å². The van der Waals surface area contributed by atoms with Crippen LogP contribution in [0.3, 0.4) is 0 Å². The first-order chi connectivity index (χ1) is 8.18. The molecule has 0 unspecified atom stereocenters. The number of hydrogen-bond donors (Lipinski definition) is 2. The second-order valence-electron chi connectivity index (χ2n) is 3.46. The second kappa shape index (κ2) is 5.43. The molecular formula is C9H10ClF3N2O2S. The lowest BCUT2D eigenvalue weighted by Gasteiger charge is -2.15. The van der Waals surface area contributed by atoms with Crippen LogP contribution < -0.4 is 10.5 Å². The molecule has 0 radical (unpaired) electrons. The van der Waals surface area contributed by atoms with Crippen molar-refractivity contribution >= 4 is 21.6 Å². The lowest BCUT2D eigenvalue weighted by Crippen LogP contribution is -2.41. The highest BCUT2D eigenvalue weighted by Gasteiger charge is 2.30. The number of rotatable bonds is 5. The second-order valence-corrected chi connectivity index (χ2v) is 5.63. The first kappa shape index (κ1) is 15.2. The summed E-state index contributed by atoms with van der Waals surface area (Å²) in [5, 5.41) is -0.00117. The minimum Gasteiger partial charge on any atom is -0.325 e. The Kier molecular flexibility index (Phi) is 4.60. The molecule has 0 aliphatic carbocycles. The van der Waals surface area contributed by atoms with Crippen LogP contribution in [0.5, 0.6) is 0 Å². The average Bonchev–Trinajstić information content (AvgIpc) is 2.26. The average molecular weight is 303 g/mol.